The molecule has 0 amide bonds. The molecule has 0 aromatic heterocycles. The lowest BCUT2D eigenvalue weighted by Crippen LogP contribution is -1.85. The Kier molecular flexibility index (Phi) is 3.52. The van der Waals surface area contributed by atoms with Crippen LogP contribution in [0.1, 0.15) is 17.5 Å². The Bertz CT molecular complexity index is 246. The number of hydrogen-bond acceptors (Lipinski definition) is 1. The van der Waals surface area contributed by atoms with E-state index in [0.717, 1.165) is 12.8 Å². The number of benzene rings is 1. The maximum Gasteiger partial charge on any atom is 0.0273 e. The molecular weight excluding hydrogens is 146 g/mol. The van der Waals surface area contributed by atoms with E-state index in [0.29, 0.717) is 0 Å². The molecule has 0 aliphatic heterocycles. The lowest BCUT2D eigenvalue weighted by Gasteiger charge is -1.97. The molecule has 0 heterocycles. The number of hydrogen-bond donors (Lipinski definition) is 0. The van der Waals surface area contributed by atoms with Crippen LogP contribution >= 0.6 is 0 Å². The van der Waals surface area contributed by atoms with Gasteiger partial charge >= 0.3 is 0 Å². The van der Waals surface area contributed by atoms with Crippen molar-refractivity contribution in [3.8, 4) is 0 Å². The molecule has 12 heavy (non-hydrogen) atoms. The van der Waals surface area contributed by atoms with Gasteiger partial charge in [0.05, 0.1) is 0 Å². The van der Waals surface area contributed by atoms with Gasteiger partial charge in [-0.25, -0.2) is 0 Å². The molecule has 0 aliphatic rings. The summed E-state index contributed by atoms with van der Waals surface area (Å²) < 4.78 is 0. The first-order valence-electron chi connectivity index (χ1n) is 4.29. The van der Waals surface area contributed by atoms with Crippen molar-refractivity contribution < 1.29 is 0 Å². The highest BCUT2D eigenvalue weighted by molar-refractivity contribution is 5.57. The standard InChI is InChI=1S/C11H15N/c1-10-5-7-11(8-6-10)4-3-9-12-2/h5-9H,3-4H2,1-2H3. The first kappa shape index (κ1) is 8.98. The maximum absolute atomic E-state index is 3.94. The molecular formula is C11H15N. The number of aliphatic imine (C=N–C) groups is 1. The average molecular weight is 161 g/mol. The summed E-state index contributed by atoms with van der Waals surface area (Å²) in [6.07, 6.45) is 4.09. The number of rotatable bonds is 3. The van der Waals surface area contributed by atoms with E-state index < -0.39 is 0 Å². The zero-order valence-corrected chi connectivity index (χ0v) is 7.75. The summed E-state index contributed by atoms with van der Waals surface area (Å²) >= 11 is 0. The molecule has 0 atom stereocenters. The molecule has 64 valence electrons. The van der Waals surface area contributed by atoms with Crippen LogP contribution in [-0.2, 0) is 6.42 Å². The van der Waals surface area contributed by atoms with E-state index in [4.69, 9.17) is 0 Å². The third kappa shape index (κ3) is 2.87. The summed E-state index contributed by atoms with van der Waals surface area (Å²) in [6.45, 7) is 2.11. The van der Waals surface area contributed by atoms with Crippen LogP contribution in [0, 0.1) is 6.92 Å². The molecule has 0 N–H and O–H groups in total. The van der Waals surface area contributed by atoms with Crippen LogP contribution in [0.5, 0.6) is 0 Å². The minimum absolute atomic E-state index is 1.04. The second kappa shape index (κ2) is 4.70. The third-order valence-electron chi connectivity index (χ3n) is 1.87. The second-order valence-electron chi connectivity index (χ2n) is 2.97. The highest BCUT2D eigenvalue weighted by Gasteiger charge is 1.89. The van der Waals surface area contributed by atoms with Gasteiger partial charge in [0.25, 0.3) is 0 Å². The van der Waals surface area contributed by atoms with Gasteiger partial charge in [0.15, 0.2) is 0 Å². The van der Waals surface area contributed by atoms with Crippen molar-refractivity contribution in [1.82, 2.24) is 0 Å². The van der Waals surface area contributed by atoms with Gasteiger partial charge in [-0.3, -0.25) is 0 Å². The van der Waals surface area contributed by atoms with Crippen molar-refractivity contribution in [3.05, 3.63) is 35.4 Å². The van der Waals surface area contributed by atoms with Crippen molar-refractivity contribution in [2.24, 2.45) is 4.99 Å². The predicted octanol–water partition coefficient (Wildman–Crippen LogP) is 2.63. The Hall–Kier alpha value is -1.11. The minimum atomic E-state index is 1.04. The minimum Gasteiger partial charge on any atom is -0.301 e. The van der Waals surface area contributed by atoms with Crippen LogP contribution in [0.15, 0.2) is 29.3 Å². The topological polar surface area (TPSA) is 12.4 Å². The molecule has 0 spiro atoms. The summed E-state index contributed by atoms with van der Waals surface area (Å²) in [5, 5.41) is 0. The van der Waals surface area contributed by atoms with Gasteiger partial charge < -0.3 is 4.99 Å². The average Bonchev–Trinajstić information content (AvgIpc) is 2.09. The van der Waals surface area contributed by atoms with E-state index in [2.05, 4.69) is 36.2 Å². The van der Waals surface area contributed by atoms with Crippen LogP contribution in [0.3, 0.4) is 0 Å². The van der Waals surface area contributed by atoms with Crippen LogP contribution < -0.4 is 0 Å². The molecule has 1 rings (SSSR count). The molecule has 0 radical (unpaired) electrons. The van der Waals surface area contributed by atoms with E-state index in [1.807, 2.05) is 13.3 Å². The van der Waals surface area contributed by atoms with Gasteiger partial charge in [0.2, 0.25) is 0 Å². The molecule has 0 saturated heterocycles. The Morgan fingerprint density at radius 3 is 2.50 bits per heavy atom. The van der Waals surface area contributed by atoms with Gasteiger partial charge in [-0.1, -0.05) is 29.8 Å². The van der Waals surface area contributed by atoms with Gasteiger partial charge in [0, 0.05) is 7.05 Å². The van der Waals surface area contributed by atoms with Crippen LogP contribution in [0.25, 0.3) is 0 Å². The van der Waals surface area contributed by atoms with E-state index in [-0.39, 0.29) is 0 Å². The summed E-state index contributed by atoms with van der Waals surface area (Å²) in [7, 11) is 1.81. The van der Waals surface area contributed by atoms with Crippen molar-refractivity contribution in [2.75, 3.05) is 7.05 Å². The first-order valence-corrected chi connectivity index (χ1v) is 4.29. The molecule has 0 aliphatic carbocycles. The second-order valence-corrected chi connectivity index (χ2v) is 2.97. The SMILES string of the molecule is CN=CCCc1ccc(C)cc1. The fourth-order valence-electron chi connectivity index (χ4n) is 1.12. The Morgan fingerprint density at radius 1 is 1.25 bits per heavy atom. The number of aryl methyl sites for hydroxylation is 2. The fraction of sp³-hybridized carbons (Fsp3) is 0.364. The lowest BCUT2D eigenvalue weighted by atomic mass is 10.1. The largest absolute Gasteiger partial charge is 0.301 e. The van der Waals surface area contributed by atoms with Crippen molar-refractivity contribution in [2.45, 2.75) is 19.8 Å². The molecule has 1 heteroatoms. The summed E-state index contributed by atoms with van der Waals surface area (Å²) in [4.78, 5) is 3.94. The smallest absolute Gasteiger partial charge is 0.0273 e. The van der Waals surface area contributed by atoms with Gasteiger partial charge in [-0.2, -0.15) is 0 Å². The molecule has 0 fully saturated rings. The Balaban J connectivity index is 2.47. The Labute approximate surface area is 74.2 Å². The van der Waals surface area contributed by atoms with E-state index in [1.54, 1.807) is 0 Å². The lowest BCUT2D eigenvalue weighted by molar-refractivity contribution is 1.05. The van der Waals surface area contributed by atoms with Crippen LogP contribution in [0.4, 0.5) is 0 Å². The van der Waals surface area contributed by atoms with Crippen molar-refractivity contribution in [3.63, 3.8) is 0 Å². The van der Waals surface area contributed by atoms with E-state index in [9.17, 15) is 0 Å². The molecule has 1 nitrogen and oxygen atoms in total. The molecule has 0 saturated carbocycles. The molecule has 0 bridgehead atoms. The van der Waals surface area contributed by atoms with Crippen LogP contribution in [0.2, 0.25) is 0 Å². The van der Waals surface area contributed by atoms with Crippen molar-refractivity contribution in [1.29, 1.82) is 0 Å². The van der Waals surface area contributed by atoms with E-state index in [1.165, 1.54) is 11.1 Å². The van der Waals surface area contributed by atoms with E-state index >= 15 is 0 Å². The molecule has 1 aromatic carbocycles. The van der Waals surface area contributed by atoms with Gasteiger partial charge in [-0.15, -0.1) is 0 Å². The summed E-state index contributed by atoms with van der Waals surface area (Å²) in [5.41, 5.74) is 2.71. The Morgan fingerprint density at radius 2 is 1.92 bits per heavy atom. The highest BCUT2D eigenvalue weighted by Crippen LogP contribution is 2.04. The summed E-state index contributed by atoms with van der Waals surface area (Å²) in [6, 6.07) is 8.66. The third-order valence-corrected chi connectivity index (χ3v) is 1.87. The van der Waals surface area contributed by atoms with Gasteiger partial charge in [0.1, 0.15) is 0 Å². The quantitative estimate of drug-likeness (QED) is 0.604. The van der Waals surface area contributed by atoms with Crippen LogP contribution in [-0.4, -0.2) is 13.3 Å². The van der Waals surface area contributed by atoms with Gasteiger partial charge in [-0.05, 0) is 31.5 Å². The zero-order chi connectivity index (χ0) is 8.81. The fourth-order valence-corrected chi connectivity index (χ4v) is 1.12. The molecule has 1 aromatic rings. The zero-order valence-electron chi connectivity index (χ0n) is 7.75. The first-order chi connectivity index (χ1) is 5.83. The van der Waals surface area contributed by atoms with Crippen molar-refractivity contribution >= 4 is 6.21 Å². The summed E-state index contributed by atoms with van der Waals surface area (Å²) in [5.74, 6) is 0. The number of nitrogens with zero attached hydrogens (tertiary/aromatic N) is 1. The normalized spacial score (nSPS) is 10.8. The highest BCUT2D eigenvalue weighted by atomic mass is 14.6. The maximum atomic E-state index is 3.94. The monoisotopic (exact) mass is 161 g/mol. The molecule has 0 unspecified atom stereocenters. The predicted molar refractivity (Wildman–Crippen MR) is 53.9 cm³/mol.